The average molecular weight is 292 g/mol. The SMILES string of the molecule is CCN(CC)C(=O)CCNc1nc(Cl)nc(Cl)n1. The predicted octanol–water partition coefficient (Wildman–Crippen LogP) is 1.85. The number of anilines is 1. The minimum Gasteiger partial charge on any atom is -0.354 e. The normalized spacial score (nSPS) is 10.2. The molecule has 0 aromatic carbocycles. The minimum atomic E-state index is 0.0209. The van der Waals surface area contributed by atoms with Crippen molar-refractivity contribution in [3.8, 4) is 0 Å². The van der Waals surface area contributed by atoms with Gasteiger partial charge in [0.05, 0.1) is 0 Å². The largest absolute Gasteiger partial charge is 0.354 e. The Labute approximate surface area is 116 Å². The van der Waals surface area contributed by atoms with Gasteiger partial charge in [-0.3, -0.25) is 4.79 Å². The summed E-state index contributed by atoms with van der Waals surface area (Å²) in [5, 5.41) is 2.92. The van der Waals surface area contributed by atoms with Crippen LogP contribution < -0.4 is 5.32 Å². The first kappa shape index (κ1) is 14.9. The van der Waals surface area contributed by atoms with Gasteiger partial charge in [-0.1, -0.05) is 0 Å². The van der Waals surface area contributed by atoms with Gasteiger partial charge in [0.2, 0.25) is 22.4 Å². The van der Waals surface area contributed by atoms with Crippen LogP contribution in [0.5, 0.6) is 0 Å². The van der Waals surface area contributed by atoms with E-state index in [1.807, 2.05) is 13.8 Å². The Bertz CT molecular complexity index is 391. The highest BCUT2D eigenvalue weighted by atomic mass is 35.5. The topological polar surface area (TPSA) is 71.0 Å². The van der Waals surface area contributed by atoms with Crippen LogP contribution in [-0.2, 0) is 4.79 Å². The first-order chi connectivity index (χ1) is 8.56. The summed E-state index contributed by atoms with van der Waals surface area (Å²) >= 11 is 11.3. The quantitative estimate of drug-likeness (QED) is 0.866. The number of rotatable bonds is 6. The van der Waals surface area contributed by atoms with E-state index < -0.39 is 0 Å². The van der Waals surface area contributed by atoms with Gasteiger partial charge < -0.3 is 10.2 Å². The van der Waals surface area contributed by atoms with Gasteiger partial charge in [-0.15, -0.1) is 0 Å². The van der Waals surface area contributed by atoms with Crippen LogP contribution in [0.15, 0.2) is 0 Å². The van der Waals surface area contributed by atoms with E-state index in [9.17, 15) is 4.79 Å². The van der Waals surface area contributed by atoms with Gasteiger partial charge in [-0.05, 0) is 37.0 Å². The van der Waals surface area contributed by atoms with Gasteiger partial charge in [-0.25, -0.2) is 0 Å². The summed E-state index contributed by atoms with van der Waals surface area (Å²) in [6.45, 7) is 5.73. The molecule has 6 nitrogen and oxygen atoms in total. The van der Waals surface area contributed by atoms with Gasteiger partial charge >= 0.3 is 0 Å². The molecule has 1 aromatic rings. The Balaban J connectivity index is 2.44. The number of nitrogens with zero attached hydrogens (tertiary/aromatic N) is 4. The van der Waals surface area contributed by atoms with Crippen molar-refractivity contribution in [2.75, 3.05) is 25.0 Å². The number of amides is 1. The van der Waals surface area contributed by atoms with E-state index in [-0.39, 0.29) is 22.4 Å². The van der Waals surface area contributed by atoms with E-state index in [1.54, 1.807) is 4.90 Å². The van der Waals surface area contributed by atoms with Crippen LogP contribution in [0.1, 0.15) is 20.3 Å². The average Bonchev–Trinajstić information content (AvgIpc) is 2.29. The molecule has 0 radical (unpaired) electrons. The maximum absolute atomic E-state index is 11.7. The fourth-order valence-corrected chi connectivity index (χ4v) is 1.78. The molecule has 0 aliphatic rings. The number of carbonyl (C=O) groups excluding carboxylic acids is 1. The standard InChI is InChI=1S/C10H15Cl2N5O/c1-3-17(4-2)7(18)5-6-13-10-15-8(11)14-9(12)16-10/h3-6H2,1-2H3,(H,13,14,15,16). The zero-order valence-corrected chi connectivity index (χ0v) is 11.8. The molecule has 18 heavy (non-hydrogen) atoms. The molecule has 0 spiro atoms. The van der Waals surface area contributed by atoms with E-state index in [4.69, 9.17) is 23.2 Å². The highest BCUT2D eigenvalue weighted by molar-refractivity contribution is 6.31. The van der Waals surface area contributed by atoms with Crippen molar-refractivity contribution >= 4 is 35.1 Å². The lowest BCUT2D eigenvalue weighted by Gasteiger charge is -2.18. The number of halogens is 2. The van der Waals surface area contributed by atoms with Crippen LogP contribution in [0.4, 0.5) is 5.95 Å². The number of aromatic nitrogens is 3. The van der Waals surface area contributed by atoms with Crippen molar-refractivity contribution in [1.82, 2.24) is 19.9 Å². The molecule has 0 saturated carbocycles. The van der Waals surface area contributed by atoms with Crippen molar-refractivity contribution in [3.05, 3.63) is 10.6 Å². The molecule has 0 atom stereocenters. The van der Waals surface area contributed by atoms with Crippen LogP contribution in [0.25, 0.3) is 0 Å². The second-order valence-electron chi connectivity index (χ2n) is 3.44. The molecule has 0 unspecified atom stereocenters. The molecule has 0 bridgehead atoms. The van der Waals surface area contributed by atoms with E-state index in [0.29, 0.717) is 26.1 Å². The molecule has 100 valence electrons. The lowest BCUT2D eigenvalue weighted by Crippen LogP contribution is -2.31. The Morgan fingerprint density at radius 2 is 1.72 bits per heavy atom. The van der Waals surface area contributed by atoms with Gasteiger partial charge in [0, 0.05) is 26.1 Å². The lowest BCUT2D eigenvalue weighted by atomic mass is 10.3. The summed E-state index contributed by atoms with van der Waals surface area (Å²) in [5.41, 5.74) is 0. The molecule has 1 aromatic heterocycles. The lowest BCUT2D eigenvalue weighted by molar-refractivity contribution is -0.130. The van der Waals surface area contributed by atoms with Crippen LogP contribution in [0, 0.1) is 0 Å². The molecule has 0 saturated heterocycles. The Morgan fingerprint density at radius 3 is 2.22 bits per heavy atom. The molecular weight excluding hydrogens is 277 g/mol. The molecule has 1 amide bonds. The van der Waals surface area contributed by atoms with Crippen molar-refractivity contribution < 1.29 is 4.79 Å². The summed E-state index contributed by atoms with van der Waals surface area (Å²) in [7, 11) is 0. The summed E-state index contributed by atoms with van der Waals surface area (Å²) in [6.07, 6.45) is 0.364. The summed E-state index contributed by atoms with van der Waals surface area (Å²) in [4.78, 5) is 24.8. The molecule has 0 aliphatic heterocycles. The summed E-state index contributed by atoms with van der Waals surface area (Å²) in [6, 6.07) is 0. The van der Waals surface area contributed by atoms with E-state index in [0.717, 1.165) is 0 Å². The third-order valence-electron chi connectivity index (χ3n) is 2.32. The van der Waals surface area contributed by atoms with Crippen molar-refractivity contribution in [2.45, 2.75) is 20.3 Å². The van der Waals surface area contributed by atoms with E-state index in [2.05, 4.69) is 20.3 Å². The van der Waals surface area contributed by atoms with Crippen LogP contribution in [-0.4, -0.2) is 45.4 Å². The van der Waals surface area contributed by atoms with Crippen LogP contribution in [0.3, 0.4) is 0 Å². The van der Waals surface area contributed by atoms with Crippen molar-refractivity contribution in [1.29, 1.82) is 0 Å². The predicted molar refractivity (Wildman–Crippen MR) is 70.9 cm³/mol. The van der Waals surface area contributed by atoms with Crippen molar-refractivity contribution in [2.24, 2.45) is 0 Å². The maximum Gasteiger partial charge on any atom is 0.228 e. The van der Waals surface area contributed by atoms with Gasteiger partial charge in [-0.2, -0.15) is 15.0 Å². The Morgan fingerprint density at radius 1 is 1.17 bits per heavy atom. The summed E-state index contributed by atoms with van der Waals surface area (Å²) < 4.78 is 0. The van der Waals surface area contributed by atoms with Crippen molar-refractivity contribution in [3.63, 3.8) is 0 Å². The van der Waals surface area contributed by atoms with Gasteiger partial charge in [0.25, 0.3) is 0 Å². The second kappa shape index (κ2) is 7.33. The smallest absolute Gasteiger partial charge is 0.228 e. The van der Waals surface area contributed by atoms with Crippen LogP contribution in [0.2, 0.25) is 10.6 Å². The van der Waals surface area contributed by atoms with Gasteiger partial charge in [0.15, 0.2) is 0 Å². The molecule has 0 aliphatic carbocycles. The third kappa shape index (κ3) is 4.62. The zero-order chi connectivity index (χ0) is 13.5. The highest BCUT2D eigenvalue weighted by Crippen LogP contribution is 2.09. The fourth-order valence-electron chi connectivity index (χ4n) is 1.42. The Kier molecular flexibility index (Phi) is 6.07. The molecule has 1 heterocycles. The zero-order valence-electron chi connectivity index (χ0n) is 10.3. The van der Waals surface area contributed by atoms with Gasteiger partial charge in [0.1, 0.15) is 0 Å². The first-order valence-electron chi connectivity index (χ1n) is 5.65. The van der Waals surface area contributed by atoms with E-state index in [1.165, 1.54) is 0 Å². The first-order valence-corrected chi connectivity index (χ1v) is 6.41. The molecule has 1 N–H and O–H groups in total. The molecule has 1 rings (SSSR count). The molecular formula is C10H15Cl2N5O. The number of hydrogen-bond donors (Lipinski definition) is 1. The number of nitrogens with one attached hydrogen (secondary N) is 1. The molecule has 8 heteroatoms. The Hall–Kier alpha value is -1.14. The summed E-state index contributed by atoms with van der Waals surface area (Å²) in [5.74, 6) is 0.353. The highest BCUT2D eigenvalue weighted by Gasteiger charge is 2.09. The maximum atomic E-state index is 11.7. The van der Waals surface area contributed by atoms with E-state index >= 15 is 0 Å². The minimum absolute atomic E-state index is 0.0209. The number of hydrogen-bond acceptors (Lipinski definition) is 5. The number of carbonyl (C=O) groups is 1. The molecule has 0 fully saturated rings. The second-order valence-corrected chi connectivity index (χ2v) is 4.12. The van der Waals surface area contributed by atoms with Crippen LogP contribution >= 0.6 is 23.2 Å². The monoisotopic (exact) mass is 291 g/mol. The third-order valence-corrected chi connectivity index (χ3v) is 2.66. The fraction of sp³-hybridized carbons (Fsp3) is 0.600.